The summed E-state index contributed by atoms with van der Waals surface area (Å²) in [6.07, 6.45) is -3.12. The first-order valence-electron chi connectivity index (χ1n) is 8.74. The number of fused-ring (bicyclic) bond motifs is 3. The maximum atomic E-state index is 13.2. The molecule has 0 saturated carbocycles. The van der Waals surface area contributed by atoms with Gasteiger partial charge in [0.2, 0.25) is 10.0 Å². The van der Waals surface area contributed by atoms with E-state index in [1.54, 1.807) is 12.3 Å². The Balaban J connectivity index is 1.64. The standard InChI is InChI=1S/C18H18F3N3O3S/c19-18(20,21)27-14-3-5-15(6-4-14)28(25,26)24-10-12-2-1-7-23-17(12)16-9-22-8-13(16)11-24/h1-7,13,16,22H,8-11H2/t13-,16+/m1/s1. The minimum atomic E-state index is -4.83. The molecule has 10 heteroatoms. The Kier molecular flexibility index (Phi) is 4.80. The lowest BCUT2D eigenvalue weighted by Gasteiger charge is -2.23. The summed E-state index contributed by atoms with van der Waals surface area (Å²) >= 11 is 0. The Bertz CT molecular complexity index is 964. The number of rotatable bonds is 3. The zero-order valence-corrected chi connectivity index (χ0v) is 15.5. The van der Waals surface area contributed by atoms with Gasteiger partial charge < -0.3 is 10.1 Å². The Labute approximate surface area is 160 Å². The van der Waals surface area contributed by atoms with Crippen molar-refractivity contribution in [2.24, 2.45) is 5.92 Å². The average Bonchev–Trinajstić information content (AvgIpc) is 3.02. The summed E-state index contributed by atoms with van der Waals surface area (Å²) in [5.74, 6) is -0.241. The highest BCUT2D eigenvalue weighted by atomic mass is 32.2. The Morgan fingerprint density at radius 1 is 1.14 bits per heavy atom. The number of ether oxygens (including phenoxy) is 1. The number of benzene rings is 1. The van der Waals surface area contributed by atoms with Crippen LogP contribution in [0.25, 0.3) is 0 Å². The molecular formula is C18H18F3N3O3S. The van der Waals surface area contributed by atoms with Crippen LogP contribution in [-0.2, 0) is 16.6 Å². The highest BCUT2D eigenvalue weighted by molar-refractivity contribution is 7.89. The van der Waals surface area contributed by atoms with Crippen molar-refractivity contribution in [3.05, 3.63) is 53.9 Å². The molecule has 0 bridgehead atoms. The molecule has 1 aromatic heterocycles. The molecule has 150 valence electrons. The molecule has 0 unspecified atom stereocenters. The van der Waals surface area contributed by atoms with E-state index in [2.05, 4.69) is 15.0 Å². The molecule has 6 nitrogen and oxygen atoms in total. The van der Waals surface area contributed by atoms with Crippen LogP contribution in [0.2, 0.25) is 0 Å². The first-order valence-corrected chi connectivity index (χ1v) is 10.2. The van der Waals surface area contributed by atoms with Gasteiger partial charge in [0.25, 0.3) is 0 Å². The summed E-state index contributed by atoms with van der Waals surface area (Å²) in [5.41, 5.74) is 1.75. The molecule has 2 atom stereocenters. The predicted octanol–water partition coefficient (Wildman–Crippen LogP) is 2.49. The Morgan fingerprint density at radius 2 is 1.89 bits per heavy atom. The van der Waals surface area contributed by atoms with Gasteiger partial charge >= 0.3 is 6.36 Å². The molecule has 0 amide bonds. The molecule has 1 fully saturated rings. The van der Waals surface area contributed by atoms with E-state index >= 15 is 0 Å². The first kappa shape index (κ1) is 19.2. The van der Waals surface area contributed by atoms with Crippen molar-refractivity contribution in [2.45, 2.75) is 23.7 Å². The van der Waals surface area contributed by atoms with Gasteiger partial charge in [-0.2, -0.15) is 4.31 Å². The number of hydrogen-bond donors (Lipinski definition) is 1. The van der Waals surface area contributed by atoms with Crippen molar-refractivity contribution in [1.29, 1.82) is 0 Å². The number of aromatic nitrogens is 1. The molecule has 2 aliphatic rings. The zero-order chi connectivity index (χ0) is 19.9. The molecule has 2 aliphatic heterocycles. The van der Waals surface area contributed by atoms with Gasteiger partial charge in [-0.25, -0.2) is 8.42 Å². The first-order chi connectivity index (χ1) is 13.2. The molecule has 3 heterocycles. The van der Waals surface area contributed by atoms with Gasteiger partial charge in [-0.1, -0.05) is 6.07 Å². The van der Waals surface area contributed by atoms with Crippen LogP contribution in [0.5, 0.6) is 5.75 Å². The van der Waals surface area contributed by atoms with Crippen LogP contribution in [-0.4, -0.2) is 43.7 Å². The van der Waals surface area contributed by atoms with Crippen molar-refractivity contribution in [1.82, 2.24) is 14.6 Å². The Hall–Kier alpha value is -2.17. The SMILES string of the molecule is O=S(=O)(c1ccc(OC(F)(F)F)cc1)N1Cc2cccnc2[C@H]2CNC[C@@H]2C1. The van der Waals surface area contributed by atoms with Crippen molar-refractivity contribution >= 4 is 10.0 Å². The summed E-state index contributed by atoms with van der Waals surface area (Å²) < 4.78 is 68.5. The summed E-state index contributed by atoms with van der Waals surface area (Å²) in [7, 11) is -3.89. The highest BCUT2D eigenvalue weighted by Gasteiger charge is 2.39. The van der Waals surface area contributed by atoms with Gasteiger partial charge in [0.15, 0.2) is 0 Å². The van der Waals surface area contributed by atoms with Crippen LogP contribution >= 0.6 is 0 Å². The molecule has 2 aromatic rings. The zero-order valence-electron chi connectivity index (χ0n) is 14.7. The molecular weight excluding hydrogens is 395 g/mol. The molecule has 28 heavy (non-hydrogen) atoms. The molecule has 0 aliphatic carbocycles. The summed E-state index contributed by atoms with van der Waals surface area (Å²) in [6.45, 7) is 1.92. The number of alkyl halides is 3. The van der Waals surface area contributed by atoms with E-state index in [0.29, 0.717) is 13.1 Å². The second kappa shape index (κ2) is 7.02. The van der Waals surface area contributed by atoms with Crippen molar-refractivity contribution in [3.63, 3.8) is 0 Å². The van der Waals surface area contributed by atoms with Gasteiger partial charge in [0.05, 0.1) is 4.90 Å². The van der Waals surface area contributed by atoms with Crippen LogP contribution < -0.4 is 10.1 Å². The van der Waals surface area contributed by atoms with Gasteiger partial charge in [-0.3, -0.25) is 4.98 Å². The van der Waals surface area contributed by atoms with E-state index in [9.17, 15) is 21.6 Å². The van der Waals surface area contributed by atoms with Gasteiger partial charge in [-0.15, -0.1) is 13.2 Å². The Morgan fingerprint density at radius 3 is 2.61 bits per heavy atom. The smallest absolute Gasteiger partial charge is 0.406 e. The quantitative estimate of drug-likeness (QED) is 0.837. The fraction of sp³-hybridized carbons (Fsp3) is 0.389. The third kappa shape index (κ3) is 3.71. The highest BCUT2D eigenvalue weighted by Crippen LogP contribution is 2.35. The maximum absolute atomic E-state index is 13.2. The fourth-order valence-electron chi connectivity index (χ4n) is 3.82. The largest absolute Gasteiger partial charge is 0.573 e. The topological polar surface area (TPSA) is 71.5 Å². The fourth-order valence-corrected chi connectivity index (χ4v) is 5.30. The van der Waals surface area contributed by atoms with Crippen LogP contribution in [0.4, 0.5) is 13.2 Å². The molecule has 0 radical (unpaired) electrons. The van der Waals surface area contributed by atoms with Crippen LogP contribution in [0, 0.1) is 5.92 Å². The summed E-state index contributed by atoms with van der Waals surface area (Å²) in [5, 5.41) is 3.29. The number of nitrogens with one attached hydrogen (secondary N) is 1. The number of pyridine rings is 1. The van der Waals surface area contributed by atoms with E-state index in [0.717, 1.165) is 42.1 Å². The van der Waals surface area contributed by atoms with Gasteiger partial charge in [0, 0.05) is 37.4 Å². The molecule has 4 rings (SSSR count). The second-order valence-electron chi connectivity index (χ2n) is 6.89. The normalized spacial score (nSPS) is 23.0. The van der Waals surface area contributed by atoms with Crippen molar-refractivity contribution in [2.75, 3.05) is 19.6 Å². The van der Waals surface area contributed by atoms with E-state index in [1.807, 2.05) is 6.07 Å². The summed E-state index contributed by atoms with van der Waals surface area (Å²) in [6, 6.07) is 7.92. The molecule has 0 spiro atoms. The lowest BCUT2D eigenvalue weighted by molar-refractivity contribution is -0.274. The number of hydrogen-bond acceptors (Lipinski definition) is 5. The van der Waals surface area contributed by atoms with Crippen LogP contribution in [0.3, 0.4) is 0 Å². The van der Waals surface area contributed by atoms with E-state index in [-0.39, 0.29) is 23.3 Å². The number of sulfonamides is 1. The minimum Gasteiger partial charge on any atom is -0.406 e. The molecule has 1 N–H and O–H groups in total. The van der Waals surface area contributed by atoms with E-state index in [4.69, 9.17) is 0 Å². The van der Waals surface area contributed by atoms with Crippen LogP contribution in [0.1, 0.15) is 17.2 Å². The predicted molar refractivity (Wildman–Crippen MR) is 94.1 cm³/mol. The molecule has 1 saturated heterocycles. The van der Waals surface area contributed by atoms with Crippen molar-refractivity contribution in [3.8, 4) is 5.75 Å². The third-order valence-corrected chi connectivity index (χ3v) is 6.92. The van der Waals surface area contributed by atoms with Crippen LogP contribution in [0.15, 0.2) is 47.5 Å². The van der Waals surface area contributed by atoms with E-state index in [1.165, 1.54) is 4.31 Å². The lowest BCUT2D eigenvalue weighted by atomic mass is 9.91. The average molecular weight is 413 g/mol. The van der Waals surface area contributed by atoms with Gasteiger partial charge in [0.1, 0.15) is 5.75 Å². The number of halogens is 3. The minimum absolute atomic E-state index is 0.0723. The van der Waals surface area contributed by atoms with Gasteiger partial charge in [-0.05, 0) is 48.4 Å². The second-order valence-corrected chi connectivity index (χ2v) is 8.83. The maximum Gasteiger partial charge on any atom is 0.573 e. The summed E-state index contributed by atoms with van der Waals surface area (Å²) in [4.78, 5) is 4.40. The van der Waals surface area contributed by atoms with E-state index < -0.39 is 22.1 Å². The molecule has 1 aromatic carbocycles. The van der Waals surface area contributed by atoms with Crippen molar-refractivity contribution < 1.29 is 26.3 Å². The lowest BCUT2D eigenvalue weighted by Crippen LogP contribution is -2.35. The third-order valence-electron chi connectivity index (χ3n) is 5.10. The monoisotopic (exact) mass is 413 g/mol. The number of nitrogens with zero attached hydrogens (tertiary/aromatic N) is 2.